The molecule has 0 aliphatic carbocycles. The highest BCUT2D eigenvalue weighted by Gasteiger charge is 2.23. The van der Waals surface area contributed by atoms with Crippen LogP contribution in [0.4, 0.5) is 0 Å². The molecule has 0 heterocycles. The molecule has 0 amide bonds. The molecule has 0 saturated carbocycles. The van der Waals surface area contributed by atoms with E-state index in [1.54, 1.807) is 0 Å². The average Bonchev–Trinajstić information content (AvgIpc) is 2.69. The summed E-state index contributed by atoms with van der Waals surface area (Å²) in [6.45, 7) is 15.6. The standard InChI is InChI=1S/C25H38O2Si2/c1-25(2,21-9-13-23(14-10-21)26-17-7-19-28(3)4)22-11-15-24(16-12-22)27-18-8-20-29(5)6/h9-16H,7-8,17-20H2,1-6H3/q+2. The van der Waals surface area contributed by atoms with Crippen LogP contribution in [-0.2, 0) is 5.41 Å². The minimum atomic E-state index is -0.146. The SMILES string of the molecule is C[Si+](C)CCCOc1ccc(C(C)(C)c2ccc(OCCC[Si+](C)C)cc2)cc1. The van der Waals surface area contributed by atoms with Gasteiger partial charge in [0.2, 0.25) is 0 Å². The van der Waals surface area contributed by atoms with E-state index in [2.05, 4.69) is 88.6 Å². The van der Waals surface area contributed by atoms with E-state index in [1.165, 1.54) is 23.2 Å². The van der Waals surface area contributed by atoms with Gasteiger partial charge in [-0.1, -0.05) is 38.1 Å². The summed E-state index contributed by atoms with van der Waals surface area (Å²) >= 11 is 0. The molecule has 2 aromatic rings. The highest BCUT2D eigenvalue weighted by molar-refractivity contribution is 6.55. The first kappa shape index (κ1) is 23.7. The van der Waals surface area contributed by atoms with Gasteiger partial charge in [0.05, 0.1) is 51.5 Å². The Labute approximate surface area is 181 Å². The molecule has 0 spiro atoms. The van der Waals surface area contributed by atoms with Crippen LogP contribution in [0.3, 0.4) is 0 Å². The molecular formula is C25H38O2Si2+2. The Hall–Kier alpha value is -1.53. The summed E-state index contributed by atoms with van der Waals surface area (Å²) in [7, 11) is -0.291. The second kappa shape index (κ2) is 11.6. The maximum Gasteiger partial charge on any atom is 0.307 e. The monoisotopic (exact) mass is 426 g/mol. The lowest BCUT2D eigenvalue weighted by molar-refractivity contribution is 0.317. The van der Waals surface area contributed by atoms with Crippen molar-refractivity contribution in [2.24, 2.45) is 0 Å². The van der Waals surface area contributed by atoms with Crippen LogP contribution >= 0.6 is 0 Å². The quantitative estimate of drug-likeness (QED) is 0.267. The van der Waals surface area contributed by atoms with E-state index in [1.807, 2.05) is 0 Å². The van der Waals surface area contributed by atoms with Gasteiger partial charge in [-0.05, 0) is 35.4 Å². The van der Waals surface area contributed by atoms with Gasteiger partial charge < -0.3 is 9.47 Å². The van der Waals surface area contributed by atoms with E-state index >= 15 is 0 Å². The minimum Gasteiger partial charge on any atom is -0.493 e. The Morgan fingerprint density at radius 2 is 0.966 bits per heavy atom. The molecule has 0 saturated heterocycles. The van der Waals surface area contributed by atoms with Crippen LogP contribution in [0.15, 0.2) is 48.5 Å². The van der Waals surface area contributed by atoms with Crippen molar-refractivity contribution in [3.8, 4) is 11.5 Å². The van der Waals surface area contributed by atoms with Crippen LogP contribution in [0.2, 0.25) is 38.3 Å². The molecule has 156 valence electrons. The zero-order chi connectivity index (χ0) is 21.3. The van der Waals surface area contributed by atoms with Crippen LogP contribution in [0.1, 0.15) is 37.8 Å². The molecule has 0 aliphatic rings. The van der Waals surface area contributed by atoms with E-state index < -0.39 is 0 Å². The molecule has 2 nitrogen and oxygen atoms in total. The van der Waals surface area contributed by atoms with Gasteiger partial charge in [-0.15, -0.1) is 0 Å². The first-order chi connectivity index (χ1) is 13.8. The van der Waals surface area contributed by atoms with Crippen molar-refractivity contribution in [3.63, 3.8) is 0 Å². The van der Waals surface area contributed by atoms with Crippen molar-refractivity contribution in [3.05, 3.63) is 59.7 Å². The van der Waals surface area contributed by atoms with Gasteiger partial charge in [0.1, 0.15) is 11.5 Å². The molecule has 2 aromatic carbocycles. The topological polar surface area (TPSA) is 18.5 Å². The molecule has 0 N–H and O–H groups in total. The Morgan fingerprint density at radius 3 is 1.28 bits per heavy atom. The largest absolute Gasteiger partial charge is 0.493 e. The van der Waals surface area contributed by atoms with Crippen molar-refractivity contribution in [1.29, 1.82) is 0 Å². The third kappa shape index (κ3) is 8.02. The number of hydrogen-bond acceptors (Lipinski definition) is 2. The second-order valence-corrected chi connectivity index (χ2v) is 14.8. The number of ether oxygens (including phenoxy) is 2. The van der Waals surface area contributed by atoms with E-state index in [9.17, 15) is 0 Å². The maximum atomic E-state index is 5.91. The van der Waals surface area contributed by atoms with Gasteiger partial charge in [-0.2, -0.15) is 0 Å². The lowest BCUT2D eigenvalue weighted by Gasteiger charge is -2.26. The Bertz CT molecular complexity index is 645. The lowest BCUT2D eigenvalue weighted by Crippen LogP contribution is -2.18. The van der Waals surface area contributed by atoms with E-state index in [4.69, 9.17) is 9.47 Å². The number of benzene rings is 2. The first-order valence-electron chi connectivity index (χ1n) is 10.8. The molecule has 0 atom stereocenters. The van der Waals surface area contributed by atoms with Gasteiger partial charge in [-0.25, -0.2) is 0 Å². The minimum absolute atomic E-state index is 0.0550. The number of hydrogen-bond donors (Lipinski definition) is 0. The zero-order valence-electron chi connectivity index (χ0n) is 19.2. The van der Waals surface area contributed by atoms with Gasteiger partial charge in [0.15, 0.2) is 0 Å². The first-order valence-corrected chi connectivity index (χ1v) is 16.2. The third-order valence-electron chi connectivity index (χ3n) is 5.33. The zero-order valence-corrected chi connectivity index (χ0v) is 21.2. The second-order valence-electron chi connectivity index (χ2n) is 8.99. The Morgan fingerprint density at radius 1 is 0.621 bits per heavy atom. The highest BCUT2D eigenvalue weighted by Crippen LogP contribution is 2.33. The molecule has 0 unspecified atom stereocenters. The fourth-order valence-electron chi connectivity index (χ4n) is 3.33. The van der Waals surface area contributed by atoms with Crippen molar-refractivity contribution in [2.75, 3.05) is 13.2 Å². The van der Waals surface area contributed by atoms with Crippen molar-refractivity contribution in [1.82, 2.24) is 0 Å². The summed E-state index contributed by atoms with van der Waals surface area (Å²) in [6, 6.07) is 19.8. The van der Waals surface area contributed by atoms with Crippen molar-refractivity contribution in [2.45, 2.75) is 70.4 Å². The summed E-state index contributed by atoms with van der Waals surface area (Å²) in [6.07, 6.45) is 2.31. The summed E-state index contributed by atoms with van der Waals surface area (Å²) in [5, 5.41) is 0. The molecule has 0 fully saturated rings. The van der Waals surface area contributed by atoms with Crippen LogP contribution in [-0.4, -0.2) is 30.8 Å². The highest BCUT2D eigenvalue weighted by atomic mass is 28.3. The van der Waals surface area contributed by atoms with Crippen LogP contribution in [0.25, 0.3) is 0 Å². The average molecular weight is 427 g/mol. The summed E-state index contributed by atoms with van der Waals surface area (Å²) in [5.41, 5.74) is 2.54. The van der Waals surface area contributed by atoms with Crippen molar-refractivity contribution < 1.29 is 9.47 Å². The predicted octanol–water partition coefficient (Wildman–Crippen LogP) is 7.06. The molecular weight excluding hydrogens is 388 g/mol. The summed E-state index contributed by atoms with van der Waals surface area (Å²) < 4.78 is 11.8. The fraction of sp³-hybridized carbons (Fsp3) is 0.520. The molecule has 0 bridgehead atoms. The van der Waals surface area contributed by atoms with Crippen LogP contribution in [0.5, 0.6) is 11.5 Å². The van der Waals surface area contributed by atoms with Crippen LogP contribution in [0, 0.1) is 0 Å². The molecule has 0 aliphatic heterocycles. The Kier molecular flexibility index (Phi) is 9.50. The summed E-state index contributed by atoms with van der Waals surface area (Å²) in [4.78, 5) is 0. The maximum absolute atomic E-state index is 5.91. The third-order valence-corrected chi connectivity index (χ3v) is 8.04. The van der Waals surface area contributed by atoms with Crippen LogP contribution < -0.4 is 9.47 Å². The fourth-order valence-corrected chi connectivity index (χ4v) is 5.04. The smallest absolute Gasteiger partial charge is 0.307 e. The van der Waals surface area contributed by atoms with Crippen molar-refractivity contribution >= 4 is 17.6 Å². The molecule has 0 aromatic heterocycles. The van der Waals surface area contributed by atoms with E-state index in [0.717, 1.165) is 37.6 Å². The molecule has 0 radical (unpaired) electrons. The normalized spacial score (nSPS) is 11.2. The molecule has 2 rings (SSSR count). The Balaban J connectivity index is 1.91. The van der Waals surface area contributed by atoms with Gasteiger partial charge in [-0.3, -0.25) is 0 Å². The predicted molar refractivity (Wildman–Crippen MR) is 130 cm³/mol. The summed E-state index contributed by atoms with van der Waals surface area (Å²) in [5.74, 6) is 1.94. The number of rotatable bonds is 12. The van der Waals surface area contributed by atoms with E-state index in [-0.39, 0.29) is 23.0 Å². The lowest BCUT2D eigenvalue weighted by atomic mass is 9.78. The van der Waals surface area contributed by atoms with Gasteiger partial charge >= 0.3 is 17.6 Å². The molecule has 4 heteroatoms. The van der Waals surface area contributed by atoms with E-state index in [0.29, 0.717) is 0 Å². The van der Waals surface area contributed by atoms with Gasteiger partial charge in [0, 0.05) is 18.3 Å². The van der Waals surface area contributed by atoms with Gasteiger partial charge in [0.25, 0.3) is 0 Å². The molecule has 29 heavy (non-hydrogen) atoms.